The van der Waals surface area contributed by atoms with Crippen molar-refractivity contribution in [2.24, 2.45) is 5.92 Å². The monoisotopic (exact) mass is 333 g/mol. The van der Waals surface area contributed by atoms with Crippen LogP contribution in [0.25, 0.3) is 11.3 Å². The Hall–Kier alpha value is -1.26. The van der Waals surface area contributed by atoms with Gasteiger partial charge in [0.15, 0.2) is 0 Å². The van der Waals surface area contributed by atoms with Crippen molar-refractivity contribution >= 4 is 15.9 Å². The van der Waals surface area contributed by atoms with E-state index < -0.39 is 0 Å². The number of likely N-dealkylation sites (N-methyl/N-ethyl adjacent to an activating group) is 1. The third-order valence-electron chi connectivity index (χ3n) is 3.36. The SMILES string of the molecule is CNCC(c1nccc(-c2cccc(Br)c2)n1)C(C)C. The maximum absolute atomic E-state index is 4.75. The van der Waals surface area contributed by atoms with E-state index in [2.05, 4.69) is 52.2 Å². The van der Waals surface area contributed by atoms with Crippen LogP contribution in [0.5, 0.6) is 0 Å². The van der Waals surface area contributed by atoms with Gasteiger partial charge >= 0.3 is 0 Å². The Morgan fingerprint density at radius 2 is 2.05 bits per heavy atom. The molecule has 4 heteroatoms. The van der Waals surface area contributed by atoms with E-state index in [0.29, 0.717) is 11.8 Å². The second-order valence-electron chi connectivity index (χ2n) is 5.22. The van der Waals surface area contributed by atoms with Gasteiger partial charge in [0.2, 0.25) is 0 Å². The van der Waals surface area contributed by atoms with Crippen LogP contribution in [0.4, 0.5) is 0 Å². The summed E-state index contributed by atoms with van der Waals surface area (Å²) >= 11 is 3.50. The molecule has 0 fully saturated rings. The van der Waals surface area contributed by atoms with E-state index in [9.17, 15) is 0 Å². The summed E-state index contributed by atoms with van der Waals surface area (Å²) < 4.78 is 1.06. The van der Waals surface area contributed by atoms with E-state index >= 15 is 0 Å². The Kier molecular flexibility index (Phi) is 5.26. The first-order chi connectivity index (χ1) is 9.61. The van der Waals surface area contributed by atoms with Crippen LogP contribution in [-0.4, -0.2) is 23.6 Å². The molecule has 1 atom stereocenters. The molecule has 2 rings (SSSR count). The molecule has 3 nitrogen and oxygen atoms in total. The Labute approximate surface area is 129 Å². The molecule has 0 saturated carbocycles. The fourth-order valence-electron chi connectivity index (χ4n) is 2.21. The van der Waals surface area contributed by atoms with E-state index in [0.717, 1.165) is 28.1 Å². The highest BCUT2D eigenvalue weighted by Crippen LogP contribution is 2.25. The number of benzene rings is 1. The highest BCUT2D eigenvalue weighted by molar-refractivity contribution is 9.10. The molecule has 0 radical (unpaired) electrons. The van der Waals surface area contributed by atoms with Gasteiger partial charge < -0.3 is 5.32 Å². The molecule has 0 aliphatic carbocycles. The van der Waals surface area contributed by atoms with Crippen LogP contribution in [0.1, 0.15) is 25.6 Å². The number of hydrogen-bond acceptors (Lipinski definition) is 3. The van der Waals surface area contributed by atoms with Crippen molar-refractivity contribution in [3.8, 4) is 11.3 Å². The summed E-state index contributed by atoms with van der Waals surface area (Å²) in [5.41, 5.74) is 2.08. The van der Waals surface area contributed by atoms with E-state index in [4.69, 9.17) is 4.98 Å². The molecule has 1 unspecified atom stereocenters. The first-order valence-corrected chi connectivity index (χ1v) is 7.64. The van der Waals surface area contributed by atoms with Gasteiger partial charge in [-0.2, -0.15) is 0 Å². The van der Waals surface area contributed by atoms with Crippen LogP contribution in [0.3, 0.4) is 0 Å². The van der Waals surface area contributed by atoms with Gasteiger partial charge in [0.1, 0.15) is 5.82 Å². The molecule has 1 aromatic heterocycles. The quantitative estimate of drug-likeness (QED) is 0.902. The number of rotatable bonds is 5. The van der Waals surface area contributed by atoms with Crippen LogP contribution < -0.4 is 5.32 Å². The lowest BCUT2D eigenvalue weighted by Crippen LogP contribution is -2.23. The lowest BCUT2D eigenvalue weighted by Gasteiger charge is -2.19. The molecule has 0 spiro atoms. The minimum absolute atomic E-state index is 0.326. The molecular weight excluding hydrogens is 314 g/mol. The molecule has 0 saturated heterocycles. The molecule has 106 valence electrons. The predicted molar refractivity (Wildman–Crippen MR) is 86.7 cm³/mol. The molecule has 1 N–H and O–H groups in total. The molecule has 0 aliphatic heterocycles. The summed E-state index contributed by atoms with van der Waals surface area (Å²) in [7, 11) is 1.97. The van der Waals surface area contributed by atoms with Crippen molar-refractivity contribution in [1.82, 2.24) is 15.3 Å². The average Bonchev–Trinajstić information content (AvgIpc) is 2.44. The zero-order valence-corrected chi connectivity index (χ0v) is 13.7. The third kappa shape index (κ3) is 3.64. The topological polar surface area (TPSA) is 37.8 Å². The van der Waals surface area contributed by atoms with Crippen molar-refractivity contribution in [2.75, 3.05) is 13.6 Å². The third-order valence-corrected chi connectivity index (χ3v) is 3.85. The summed E-state index contributed by atoms with van der Waals surface area (Å²) in [6, 6.07) is 10.1. The molecule has 20 heavy (non-hydrogen) atoms. The van der Waals surface area contributed by atoms with Gasteiger partial charge in [-0.25, -0.2) is 9.97 Å². The van der Waals surface area contributed by atoms with Crippen molar-refractivity contribution < 1.29 is 0 Å². The summed E-state index contributed by atoms with van der Waals surface area (Å²) in [5.74, 6) is 1.74. The molecular formula is C16H20BrN3. The highest BCUT2D eigenvalue weighted by Gasteiger charge is 2.18. The maximum Gasteiger partial charge on any atom is 0.133 e. The van der Waals surface area contributed by atoms with Crippen LogP contribution in [-0.2, 0) is 0 Å². The lowest BCUT2D eigenvalue weighted by molar-refractivity contribution is 0.458. The summed E-state index contributed by atoms with van der Waals surface area (Å²) in [6.07, 6.45) is 1.85. The van der Waals surface area contributed by atoms with Gasteiger partial charge in [-0.15, -0.1) is 0 Å². The molecule has 0 aliphatic rings. The zero-order valence-electron chi connectivity index (χ0n) is 12.1. The van der Waals surface area contributed by atoms with Crippen molar-refractivity contribution in [3.05, 3.63) is 46.8 Å². The second-order valence-corrected chi connectivity index (χ2v) is 6.13. The van der Waals surface area contributed by atoms with Crippen molar-refractivity contribution in [2.45, 2.75) is 19.8 Å². The Morgan fingerprint density at radius 1 is 1.25 bits per heavy atom. The summed E-state index contributed by atoms with van der Waals surface area (Å²) in [5, 5.41) is 3.23. The number of nitrogens with one attached hydrogen (secondary N) is 1. The maximum atomic E-state index is 4.75. The summed E-state index contributed by atoms with van der Waals surface area (Å²) in [4.78, 5) is 9.22. The van der Waals surface area contributed by atoms with Crippen LogP contribution in [0, 0.1) is 5.92 Å². The van der Waals surface area contributed by atoms with Crippen molar-refractivity contribution in [3.63, 3.8) is 0 Å². The zero-order chi connectivity index (χ0) is 14.5. The fraction of sp³-hybridized carbons (Fsp3) is 0.375. The van der Waals surface area contributed by atoms with Crippen LogP contribution >= 0.6 is 15.9 Å². The van der Waals surface area contributed by atoms with Crippen LogP contribution in [0.15, 0.2) is 41.0 Å². The Morgan fingerprint density at radius 3 is 2.70 bits per heavy atom. The standard InChI is InChI=1S/C16H20BrN3/c1-11(2)14(10-18-3)16-19-8-7-15(20-16)12-5-4-6-13(17)9-12/h4-9,11,14,18H,10H2,1-3H3. The molecule has 1 heterocycles. The van der Waals surface area contributed by atoms with Gasteiger partial charge in [0.25, 0.3) is 0 Å². The van der Waals surface area contributed by atoms with Gasteiger partial charge in [-0.3, -0.25) is 0 Å². The van der Waals surface area contributed by atoms with E-state index in [1.165, 1.54) is 0 Å². The van der Waals surface area contributed by atoms with Gasteiger partial charge in [0, 0.05) is 28.7 Å². The number of halogens is 1. The lowest BCUT2D eigenvalue weighted by atomic mass is 9.94. The Bertz CT molecular complexity index is 569. The van der Waals surface area contributed by atoms with Crippen molar-refractivity contribution in [1.29, 1.82) is 0 Å². The minimum atomic E-state index is 0.326. The number of nitrogens with zero attached hydrogens (tertiary/aromatic N) is 2. The second kappa shape index (κ2) is 6.95. The molecule has 0 bridgehead atoms. The van der Waals surface area contributed by atoms with E-state index in [1.807, 2.05) is 31.4 Å². The normalized spacial score (nSPS) is 12.7. The van der Waals surface area contributed by atoms with Gasteiger partial charge in [-0.1, -0.05) is 41.9 Å². The van der Waals surface area contributed by atoms with Gasteiger partial charge in [-0.05, 0) is 31.2 Å². The number of hydrogen-bond donors (Lipinski definition) is 1. The predicted octanol–water partition coefficient (Wildman–Crippen LogP) is 3.87. The minimum Gasteiger partial charge on any atom is -0.319 e. The largest absolute Gasteiger partial charge is 0.319 e. The first-order valence-electron chi connectivity index (χ1n) is 6.85. The average molecular weight is 334 g/mol. The fourth-order valence-corrected chi connectivity index (χ4v) is 2.61. The first kappa shape index (κ1) is 15.1. The molecule has 0 amide bonds. The van der Waals surface area contributed by atoms with E-state index in [-0.39, 0.29) is 0 Å². The molecule has 2 aromatic rings. The highest BCUT2D eigenvalue weighted by atomic mass is 79.9. The van der Waals surface area contributed by atoms with Crippen LogP contribution in [0.2, 0.25) is 0 Å². The van der Waals surface area contributed by atoms with E-state index in [1.54, 1.807) is 0 Å². The molecule has 1 aromatic carbocycles. The Balaban J connectivity index is 2.36. The number of aromatic nitrogens is 2. The smallest absolute Gasteiger partial charge is 0.133 e. The van der Waals surface area contributed by atoms with Gasteiger partial charge in [0.05, 0.1) is 5.69 Å². The summed E-state index contributed by atoms with van der Waals surface area (Å²) in [6.45, 7) is 5.30.